The molecular weight excluding hydrogens is 414 g/mol. The molecule has 3 rings (SSSR count). The Bertz CT molecular complexity index is 1000. The molecule has 1 saturated heterocycles. The summed E-state index contributed by atoms with van der Waals surface area (Å²) < 4.78 is 32.3. The van der Waals surface area contributed by atoms with E-state index in [-0.39, 0.29) is 23.6 Å². The summed E-state index contributed by atoms with van der Waals surface area (Å²) in [6, 6.07) is 11.9. The molecule has 0 amide bonds. The minimum absolute atomic E-state index is 0.0430. The van der Waals surface area contributed by atoms with Gasteiger partial charge in [-0.2, -0.15) is 4.31 Å². The van der Waals surface area contributed by atoms with Crippen LogP contribution in [0.15, 0.2) is 53.4 Å². The summed E-state index contributed by atoms with van der Waals surface area (Å²) >= 11 is 5.86. The maximum Gasteiger partial charge on any atom is 0.324 e. The van der Waals surface area contributed by atoms with Gasteiger partial charge in [-0.25, -0.2) is 8.42 Å². The number of carbonyl (C=O) groups excluding carboxylic acids is 2. The van der Waals surface area contributed by atoms with Gasteiger partial charge in [-0.3, -0.25) is 9.59 Å². The van der Waals surface area contributed by atoms with E-state index in [9.17, 15) is 18.0 Å². The number of ketones is 1. The Morgan fingerprint density at radius 1 is 1.10 bits per heavy atom. The smallest absolute Gasteiger partial charge is 0.324 e. The monoisotopic (exact) mass is 435 g/mol. The van der Waals surface area contributed by atoms with E-state index in [1.165, 1.54) is 19.2 Å². The van der Waals surface area contributed by atoms with Crippen LogP contribution < -0.4 is 0 Å². The van der Waals surface area contributed by atoms with Gasteiger partial charge in [0.25, 0.3) is 0 Å². The number of esters is 1. The number of benzene rings is 2. The van der Waals surface area contributed by atoms with Gasteiger partial charge in [0.15, 0.2) is 5.78 Å². The van der Waals surface area contributed by atoms with Gasteiger partial charge in [0.2, 0.25) is 10.0 Å². The van der Waals surface area contributed by atoms with Gasteiger partial charge in [-0.1, -0.05) is 29.3 Å². The minimum Gasteiger partial charge on any atom is -0.468 e. The molecule has 0 spiro atoms. The first-order valence-corrected chi connectivity index (χ1v) is 11.0. The van der Waals surface area contributed by atoms with Crippen molar-refractivity contribution in [2.45, 2.75) is 30.7 Å². The van der Waals surface area contributed by atoms with Crippen molar-refractivity contribution in [2.24, 2.45) is 5.92 Å². The zero-order valence-corrected chi connectivity index (χ0v) is 17.7. The zero-order valence-electron chi connectivity index (χ0n) is 16.2. The number of rotatable bonds is 6. The van der Waals surface area contributed by atoms with Crippen LogP contribution in [0, 0.1) is 12.8 Å². The topological polar surface area (TPSA) is 80.8 Å². The van der Waals surface area contributed by atoms with Crippen molar-refractivity contribution < 1.29 is 22.7 Å². The fourth-order valence-electron chi connectivity index (χ4n) is 3.58. The van der Waals surface area contributed by atoms with Crippen LogP contribution in [-0.4, -0.2) is 44.2 Å². The van der Waals surface area contributed by atoms with E-state index in [1.807, 2.05) is 6.92 Å². The van der Waals surface area contributed by atoms with E-state index < -0.39 is 28.0 Å². The van der Waals surface area contributed by atoms with Crippen LogP contribution in [0.5, 0.6) is 0 Å². The molecule has 0 aliphatic carbocycles. The molecule has 1 fully saturated rings. The summed E-state index contributed by atoms with van der Waals surface area (Å²) in [5.41, 5.74) is 1.40. The van der Waals surface area contributed by atoms with Gasteiger partial charge in [-0.15, -0.1) is 0 Å². The third-order valence-corrected chi connectivity index (χ3v) is 7.31. The minimum atomic E-state index is -3.89. The summed E-state index contributed by atoms with van der Waals surface area (Å²) in [5.74, 6) is -1.30. The molecule has 1 heterocycles. The van der Waals surface area contributed by atoms with Gasteiger partial charge in [-0.05, 0) is 55.7 Å². The predicted molar refractivity (Wildman–Crippen MR) is 109 cm³/mol. The normalized spacial score (nSPS) is 19.8. The SMILES string of the molecule is COC(=O)[C@H]1[C@@H](CC(=O)c2ccc(Cl)cc2)CCN1S(=O)(=O)c1ccc(C)cc1. The Morgan fingerprint density at radius 3 is 2.31 bits per heavy atom. The lowest BCUT2D eigenvalue weighted by Gasteiger charge is -2.25. The summed E-state index contributed by atoms with van der Waals surface area (Å²) in [5, 5.41) is 0.519. The second kappa shape index (κ2) is 8.65. The van der Waals surface area contributed by atoms with Crippen molar-refractivity contribution in [2.75, 3.05) is 13.7 Å². The Labute approximate surface area is 175 Å². The highest BCUT2D eigenvalue weighted by Crippen LogP contribution is 2.34. The van der Waals surface area contributed by atoms with Crippen molar-refractivity contribution in [3.05, 3.63) is 64.7 Å². The van der Waals surface area contributed by atoms with E-state index >= 15 is 0 Å². The zero-order chi connectivity index (χ0) is 21.2. The van der Waals surface area contributed by atoms with Crippen molar-refractivity contribution in [1.82, 2.24) is 4.31 Å². The number of nitrogens with zero attached hydrogens (tertiary/aromatic N) is 1. The lowest BCUT2D eigenvalue weighted by atomic mass is 9.92. The highest BCUT2D eigenvalue weighted by atomic mass is 35.5. The molecule has 154 valence electrons. The third-order valence-electron chi connectivity index (χ3n) is 5.16. The molecule has 0 unspecified atom stereocenters. The Morgan fingerprint density at radius 2 is 1.72 bits per heavy atom. The quantitative estimate of drug-likeness (QED) is 0.512. The van der Waals surface area contributed by atoms with E-state index in [0.29, 0.717) is 17.0 Å². The molecule has 8 heteroatoms. The first-order valence-electron chi connectivity index (χ1n) is 9.19. The van der Waals surface area contributed by atoms with Gasteiger partial charge in [0.1, 0.15) is 6.04 Å². The average Bonchev–Trinajstić information content (AvgIpc) is 3.12. The van der Waals surface area contributed by atoms with E-state index in [2.05, 4.69) is 0 Å². The highest BCUT2D eigenvalue weighted by Gasteiger charge is 2.46. The van der Waals surface area contributed by atoms with Crippen LogP contribution in [0.2, 0.25) is 5.02 Å². The largest absolute Gasteiger partial charge is 0.468 e. The molecule has 0 radical (unpaired) electrons. The molecule has 0 bridgehead atoms. The number of carbonyl (C=O) groups is 2. The summed E-state index contributed by atoms with van der Waals surface area (Å²) in [7, 11) is -2.68. The standard InChI is InChI=1S/C21H22ClNO5S/c1-14-3-9-18(10-4-14)29(26,27)23-12-11-16(20(23)21(25)28-2)13-19(24)15-5-7-17(22)8-6-15/h3-10,16,20H,11-13H2,1-2H3/t16-,20-/m1/s1. The number of Topliss-reactive ketones (excluding diaryl/α,β-unsaturated/α-hetero) is 1. The van der Waals surface area contributed by atoms with Gasteiger partial charge in [0.05, 0.1) is 12.0 Å². The number of methoxy groups -OCH3 is 1. The lowest BCUT2D eigenvalue weighted by Crippen LogP contribution is -2.44. The number of aryl methyl sites for hydroxylation is 1. The fourth-order valence-corrected chi connectivity index (χ4v) is 5.36. The van der Waals surface area contributed by atoms with Crippen LogP contribution in [0.25, 0.3) is 0 Å². The maximum atomic E-state index is 13.1. The van der Waals surface area contributed by atoms with Crippen molar-refractivity contribution in [1.29, 1.82) is 0 Å². The number of ether oxygens (including phenoxy) is 1. The van der Waals surface area contributed by atoms with E-state index in [4.69, 9.17) is 16.3 Å². The number of hydrogen-bond donors (Lipinski definition) is 0. The Kier molecular flexibility index (Phi) is 6.41. The van der Waals surface area contributed by atoms with Gasteiger partial charge < -0.3 is 4.74 Å². The van der Waals surface area contributed by atoms with Crippen molar-refractivity contribution >= 4 is 33.4 Å². The summed E-state index contributed by atoms with van der Waals surface area (Å²) in [4.78, 5) is 25.3. The van der Waals surface area contributed by atoms with Crippen LogP contribution in [0.3, 0.4) is 0 Å². The molecule has 1 aliphatic heterocycles. The molecule has 0 N–H and O–H groups in total. The second-order valence-electron chi connectivity index (χ2n) is 7.08. The van der Waals surface area contributed by atoms with Crippen molar-refractivity contribution in [3.63, 3.8) is 0 Å². The highest BCUT2D eigenvalue weighted by molar-refractivity contribution is 7.89. The molecule has 0 saturated carbocycles. The van der Waals surface area contributed by atoms with Crippen LogP contribution >= 0.6 is 11.6 Å². The molecule has 29 heavy (non-hydrogen) atoms. The second-order valence-corrected chi connectivity index (χ2v) is 9.41. The van der Waals surface area contributed by atoms with Gasteiger partial charge in [0, 0.05) is 23.6 Å². The number of halogens is 1. The van der Waals surface area contributed by atoms with E-state index in [1.54, 1.807) is 36.4 Å². The molecule has 2 atom stereocenters. The number of hydrogen-bond acceptors (Lipinski definition) is 5. The maximum absolute atomic E-state index is 13.1. The number of sulfonamides is 1. The molecule has 0 aromatic heterocycles. The summed E-state index contributed by atoms with van der Waals surface area (Å²) in [6.07, 6.45) is 0.436. The first kappa shape index (κ1) is 21.5. The third kappa shape index (κ3) is 4.52. The lowest BCUT2D eigenvalue weighted by molar-refractivity contribution is -0.145. The molecular formula is C21H22ClNO5S. The summed E-state index contributed by atoms with van der Waals surface area (Å²) in [6.45, 7) is 2.01. The Balaban J connectivity index is 1.86. The van der Waals surface area contributed by atoms with Crippen molar-refractivity contribution in [3.8, 4) is 0 Å². The molecule has 6 nitrogen and oxygen atoms in total. The van der Waals surface area contributed by atoms with Gasteiger partial charge >= 0.3 is 5.97 Å². The predicted octanol–water partition coefficient (Wildman–Crippen LogP) is 3.47. The molecule has 1 aliphatic rings. The Hall–Kier alpha value is -2.22. The van der Waals surface area contributed by atoms with Crippen LogP contribution in [0.4, 0.5) is 0 Å². The molecule has 2 aromatic carbocycles. The van der Waals surface area contributed by atoms with Crippen LogP contribution in [-0.2, 0) is 19.6 Å². The van der Waals surface area contributed by atoms with Crippen LogP contribution in [0.1, 0.15) is 28.8 Å². The average molecular weight is 436 g/mol. The fraction of sp³-hybridized carbons (Fsp3) is 0.333. The van der Waals surface area contributed by atoms with E-state index in [0.717, 1.165) is 9.87 Å². The first-order chi connectivity index (χ1) is 13.7. The molecule has 2 aromatic rings.